The minimum absolute atomic E-state index is 0.146. The van der Waals surface area contributed by atoms with Gasteiger partial charge in [0.05, 0.1) is 0 Å². The molecule has 2 heterocycles. The first kappa shape index (κ1) is 12.9. The SMILES string of the molecule is CC(C1CCCCC1)N1CC(=O)N2CCCC2C1=O. The summed E-state index contributed by atoms with van der Waals surface area (Å²) in [6.45, 7) is 3.24. The quantitative estimate of drug-likeness (QED) is 0.763. The Morgan fingerprint density at radius 1 is 1.05 bits per heavy atom. The highest BCUT2D eigenvalue weighted by Gasteiger charge is 2.44. The van der Waals surface area contributed by atoms with Crippen molar-refractivity contribution in [2.45, 2.75) is 64.0 Å². The van der Waals surface area contributed by atoms with Gasteiger partial charge in [0.15, 0.2) is 0 Å². The molecule has 2 unspecified atom stereocenters. The normalized spacial score (nSPS) is 30.7. The fourth-order valence-corrected chi connectivity index (χ4v) is 4.04. The van der Waals surface area contributed by atoms with Crippen LogP contribution in [0.5, 0.6) is 0 Å². The number of carbonyl (C=O) groups excluding carboxylic acids is 2. The molecule has 3 fully saturated rings. The van der Waals surface area contributed by atoms with E-state index in [0.717, 1.165) is 19.4 Å². The summed E-state index contributed by atoms with van der Waals surface area (Å²) in [5, 5.41) is 0. The Hall–Kier alpha value is -1.06. The molecule has 106 valence electrons. The van der Waals surface area contributed by atoms with Crippen molar-refractivity contribution in [3.63, 3.8) is 0 Å². The van der Waals surface area contributed by atoms with E-state index in [9.17, 15) is 9.59 Å². The van der Waals surface area contributed by atoms with E-state index in [1.54, 1.807) is 4.90 Å². The monoisotopic (exact) mass is 264 g/mol. The number of hydrogen-bond acceptors (Lipinski definition) is 2. The van der Waals surface area contributed by atoms with E-state index in [1.807, 2.05) is 4.90 Å². The van der Waals surface area contributed by atoms with Crippen LogP contribution in [0, 0.1) is 5.92 Å². The molecule has 1 saturated carbocycles. The van der Waals surface area contributed by atoms with Crippen molar-refractivity contribution < 1.29 is 9.59 Å². The summed E-state index contributed by atoms with van der Waals surface area (Å²) in [7, 11) is 0. The largest absolute Gasteiger partial charge is 0.329 e. The van der Waals surface area contributed by atoms with E-state index in [0.29, 0.717) is 12.5 Å². The van der Waals surface area contributed by atoms with Crippen molar-refractivity contribution in [1.29, 1.82) is 0 Å². The molecule has 2 atom stereocenters. The fourth-order valence-electron chi connectivity index (χ4n) is 4.04. The van der Waals surface area contributed by atoms with E-state index in [4.69, 9.17) is 0 Å². The van der Waals surface area contributed by atoms with Crippen LogP contribution < -0.4 is 0 Å². The van der Waals surface area contributed by atoms with Crippen molar-refractivity contribution in [3.8, 4) is 0 Å². The van der Waals surface area contributed by atoms with E-state index in [1.165, 1.54) is 32.1 Å². The molecule has 0 aromatic rings. The number of nitrogens with zero attached hydrogens (tertiary/aromatic N) is 2. The Morgan fingerprint density at radius 3 is 2.53 bits per heavy atom. The Morgan fingerprint density at radius 2 is 1.79 bits per heavy atom. The van der Waals surface area contributed by atoms with Gasteiger partial charge in [0.2, 0.25) is 11.8 Å². The van der Waals surface area contributed by atoms with Crippen molar-refractivity contribution in [2.75, 3.05) is 13.1 Å². The topological polar surface area (TPSA) is 40.6 Å². The van der Waals surface area contributed by atoms with E-state index in [-0.39, 0.29) is 23.9 Å². The molecule has 0 bridgehead atoms. The molecule has 19 heavy (non-hydrogen) atoms. The Kier molecular flexibility index (Phi) is 3.50. The highest BCUT2D eigenvalue weighted by atomic mass is 16.2. The zero-order valence-electron chi connectivity index (χ0n) is 11.8. The average Bonchev–Trinajstić information content (AvgIpc) is 2.93. The molecule has 2 aliphatic heterocycles. The first-order chi connectivity index (χ1) is 9.18. The van der Waals surface area contributed by atoms with Crippen LogP contribution in [0.3, 0.4) is 0 Å². The van der Waals surface area contributed by atoms with Crippen molar-refractivity contribution >= 4 is 11.8 Å². The van der Waals surface area contributed by atoms with E-state index < -0.39 is 0 Å². The van der Waals surface area contributed by atoms with Crippen molar-refractivity contribution in [1.82, 2.24) is 9.80 Å². The van der Waals surface area contributed by atoms with Gasteiger partial charge in [0.25, 0.3) is 0 Å². The third kappa shape index (κ3) is 2.26. The molecule has 0 spiro atoms. The molecule has 0 N–H and O–H groups in total. The third-order valence-corrected chi connectivity index (χ3v) is 5.27. The third-order valence-electron chi connectivity index (χ3n) is 5.27. The summed E-state index contributed by atoms with van der Waals surface area (Å²) < 4.78 is 0. The highest BCUT2D eigenvalue weighted by molar-refractivity contribution is 5.95. The average molecular weight is 264 g/mol. The summed E-state index contributed by atoms with van der Waals surface area (Å²) in [4.78, 5) is 28.4. The predicted octanol–water partition coefficient (Wildman–Crippen LogP) is 1.79. The molecule has 2 saturated heterocycles. The minimum Gasteiger partial charge on any atom is -0.329 e. The molecular formula is C15H24N2O2. The first-order valence-electron chi connectivity index (χ1n) is 7.78. The van der Waals surface area contributed by atoms with E-state index in [2.05, 4.69) is 6.92 Å². The van der Waals surface area contributed by atoms with Crippen LogP contribution >= 0.6 is 0 Å². The van der Waals surface area contributed by atoms with Crippen LogP contribution in [0.4, 0.5) is 0 Å². The van der Waals surface area contributed by atoms with Gasteiger partial charge in [-0.2, -0.15) is 0 Å². The van der Waals surface area contributed by atoms with Gasteiger partial charge in [-0.05, 0) is 38.5 Å². The fraction of sp³-hybridized carbons (Fsp3) is 0.867. The van der Waals surface area contributed by atoms with Crippen LogP contribution in [-0.2, 0) is 9.59 Å². The molecule has 4 heteroatoms. The number of hydrogen-bond donors (Lipinski definition) is 0. The zero-order valence-corrected chi connectivity index (χ0v) is 11.8. The summed E-state index contributed by atoms with van der Waals surface area (Å²) in [6, 6.07) is 0.0896. The summed E-state index contributed by atoms with van der Waals surface area (Å²) >= 11 is 0. The van der Waals surface area contributed by atoms with Crippen LogP contribution in [-0.4, -0.2) is 46.8 Å². The van der Waals surface area contributed by atoms with Crippen LogP contribution in [0.25, 0.3) is 0 Å². The predicted molar refractivity (Wildman–Crippen MR) is 72.5 cm³/mol. The van der Waals surface area contributed by atoms with Gasteiger partial charge in [0.1, 0.15) is 12.6 Å². The molecule has 0 radical (unpaired) electrons. The summed E-state index contributed by atoms with van der Waals surface area (Å²) in [5.74, 6) is 0.957. The Bertz CT molecular complexity index is 376. The maximum absolute atomic E-state index is 12.6. The van der Waals surface area contributed by atoms with Gasteiger partial charge in [-0.25, -0.2) is 0 Å². The van der Waals surface area contributed by atoms with Crippen molar-refractivity contribution in [3.05, 3.63) is 0 Å². The second kappa shape index (κ2) is 5.14. The lowest BCUT2D eigenvalue weighted by Crippen LogP contribution is -2.60. The maximum Gasteiger partial charge on any atom is 0.246 e. The van der Waals surface area contributed by atoms with Crippen LogP contribution in [0.1, 0.15) is 51.9 Å². The molecular weight excluding hydrogens is 240 g/mol. The lowest BCUT2D eigenvalue weighted by molar-refractivity contribution is -0.156. The van der Waals surface area contributed by atoms with Crippen LogP contribution in [0.15, 0.2) is 0 Å². The number of amides is 2. The molecule has 0 aromatic heterocycles. The molecule has 3 rings (SSSR count). The summed E-state index contributed by atoms with van der Waals surface area (Å²) in [5.41, 5.74) is 0. The molecule has 0 aromatic carbocycles. The maximum atomic E-state index is 12.6. The molecule has 1 aliphatic carbocycles. The molecule has 2 amide bonds. The molecule has 4 nitrogen and oxygen atoms in total. The molecule has 3 aliphatic rings. The number of fused-ring (bicyclic) bond motifs is 1. The number of rotatable bonds is 2. The first-order valence-corrected chi connectivity index (χ1v) is 7.78. The van der Waals surface area contributed by atoms with Crippen molar-refractivity contribution in [2.24, 2.45) is 5.92 Å². The van der Waals surface area contributed by atoms with Gasteiger partial charge in [0, 0.05) is 12.6 Å². The second-order valence-corrected chi connectivity index (χ2v) is 6.35. The number of carbonyl (C=O) groups is 2. The Labute approximate surface area is 115 Å². The van der Waals surface area contributed by atoms with Gasteiger partial charge in [-0.15, -0.1) is 0 Å². The van der Waals surface area contributed by atoms with Gasteiger partial charge in [-0.3, -0.25) is 9.59 Å². The second-order valence-electron chi connectivity index (χ2n) is 6.35. The Balaban J connectivity index is 1.72. The standard InChI is InChI=1S/C15H24N2O2/c1-11(12-6-3-2-4-7-12)17-10-14(18)16-9-5-8-13(16)15(17)19/h11-13H,2-10H2,1H3. The van der Waals surface area contributed by atoms with Gasteiger partial charge < -0.3 is 9.80 Å². The lowest BCUT2D eigenvalue weighted by Gasteiger charge is -2.42. The lowest BCUT2D eigenvalue weighted by atomic mass is 9.83. The smallest absolute Gasteiger partial charge is 0.246 e. The minimum atomic E-state index is -0.146. The van der Waals surface area contributed by atoms with E-state index >= 15 is 0 Å². The zero-order chi connectivity index (χ0) is 13.4. The summed E-state index contributed by atoms with van der Waals surface area (Å²) in [6.07, 6.45) is 8.15. The van der Waals surface area contributed by atoms with Crippen LogP contribution in [0.2, 0.25) is 0 Å². The number of piperazine rings is 1. The van der Waals surface area contributed by atoms with Gasteiger partial charge >= 0.3 is 0 Å². The van der Waals surface area contributed by atoms with Gasteiger partial charge in [-0.1, -0.05) is 19.3 Å². The highest BCUT2D eigenvalue weighted by Crippen LogP contribution is 2.32.